The molecule has 4 fully saturated rings. The van der Waals surface area contributed by atoms with Gasteiger partial charge in [-0.25, -0.2) is 0 Å². The van der Waals surface area contributed by atoms with Gasteiger partial charge in [-0.3, -0.25) is 9.59 Å². The summed E-state index contributed by atoms with van der Waals surface area (Å²) >= 11 is 0. The van der Waals surface area contributed by atoms with E-state index in [2.05, 4.69) is 24.5 Å². The first kappa shape index (κ1) is 22.9. The second-order valence-corrected chi connectivity index (χ2v) is 11.5. The molecule has 4 nitrogen and oxygen atoms in total. The number of piperidine rings is 1. The molecule has 0 bridgehead atoms. The van der Waals surface area contributed by atoms with Crippen molar-refractivity contribution in [3.63, 3.8) is 0 Å². The van der Waals surface area contributed by atoms with E-state index in [-0.39, 0.29) is 17.4 Å². The molecule has 4 rings (SSSR count). The number of alkyl halides is 3. The van der Waals surface area contributed by atoms with Gasteiger partial charge in [0.1, 0.15) is 5.92 Å². The first-order valence-electron chi connectivity index (χ1n) is 12.0. The number of amides is 2. The maximum atomic E-state index is 13.0. The van der Waals surface area contributed by atoms with E-state index >= 15 is 0 Å². The number of hydrogen-bond acceptors (Lipinski definition) is 2. The monoisotopic (exact) mass is 442 g/mol. The Kier molecular flexibility index (Phi) is 5.65. The van der Waals surface area contributed by atoms with E-state index in [9.17, 15) is 22.8 Å². The van der Waals surface area contributed by atoms with E-state index in [0.29, 0.717) is 23.7 Å². The molecule has 7 heteroatoms. The first-order chi connectivity index (χ1) is 14.4. The van der Waals surface area contributed by atoms with Crippen molar-refractivity contribution in [2.75, 3.05) is 0 Å². The second kappa shape index (κ2) is 7.65. The molecule has 4 aliphatic rings. The summed E-state index contributed by atoms with van der Waals surface area (Å²) in [6, 6.07) is -1.01. The van der Waals surface area contributed by atoms with Crippen molar-refractivity contribution in [1.29, 1.82) is 0 Å². The normalized spacial score (nSPS) is 44.4. The molecule has 2 amide bonds. The third-order valence-electron chi connectivity index (χ3n) is 9.88. The van der Waals surface area contributed by atoms with Gasteiger partial charge in [0.05, 0.1) is 5.92 Å². The summed E-state index contributed by atoms with van der Waals surface area (Å²) in [6.45, 7) is 7.08. The summed E-state index contributed by atoms with van der Waals surface area (Å²) in [5, 5.41) is 5.60. The summed E-state index contributed by atoms with van der Waals surface area (Å²) in [7, 11) is 0. The van der Waals surface area contributed by atoms with Crippen molar-refractivity contribution in [3.8, 4) is 0 Å². The van der Waals surface area contributed by atoms with Crippen LogP contribution in [0.5, 0.6) is 0 Å². The van der Waals surface area contributed by atoms with Crippen LogP contribution in [0, 0.1) is 40.4 Å². The van der Waals surface area contributed by atoms with Gasteiger partial charge in [-0.15, -0.1) is 0 Å². The average molecular weight is 443 g/mol. The minimum atomic E-state index is -4.38. The number of rotatable bonds is 3. The van der Waals surface area contributed by atoms with Crippen LogP contribution in [-0.2, 0) is 9.59 Å². The van der Waals surface area contributed by atoms with Gasteiger partial charge in [0.15, 0.2) is 0 Å². The predicted octanol–water partition coefficient (Wildman–Crippen LogP) is 4.83. The van der Waals surface area contributed by atoms with Crippen molar-refractivity contribution in [3.05, 3.63) is 0 Å². The quantitative estimate of drug-likeness (QED) is 0.616. The van der Waals surface area contributed by atoms with Crippen molar-refractivity contribution < 1.29 is 22.8 Å². The van der Waals surface area contributed by atoms with E-state index in [1.807, 2.05) is 0 Å². The third kappa shape index (κ3) is 3.78. The molecule has 1 saturated heterocycles. The van der Waals surface area contributed by atoms with Gasteiger partial charge in [-0.2, -0.15) is 13.2 Å². The highest BCUT2D eigenvalue weighted by Crippen LogP contribution is 2.64. The molecular formula is C24H37F3N2O2. The molecule has 0 aromatic rings. The van der Waals surface area contributed by atoms with Crippen LogP contribution in [0.2, 0.25) is 0 Å². The Labute approximate surface area is 183 Å². The number of carbonyl (C=O) groups is 2. The Morgan fingerprint density at radius 2 is 1.81 bits per heavy atom. The third-order valence-corrected chi connectivity index (χ3v) is 9.88. The molecule has 0 spiro atoms. The van der Waals surface area contributed by atoms with Crippen molar-refractivity contribution >= 4 is 11.8 Å². The van der Waals surface area contributed by atoms with Crippen LogP contribution in [-0.4, -0.2) is 30.1 Å². The summed E-state index contributed by atoms with van der Waals surface area (Å²) in [4.78, 5) is 25.7. The van der Waals surface area contributed by atoms with Crippen molar-refractivity contribution in [2.24, 2.45) is 40.4 Å². The Bertz CT molecular complexity index is 741. The maximum Gasteiger partial charge on any atom is 0.393 e. The van der Waals surface area contributed by atoms with Gasteiger partial charge in [0.2, 0.25) is 11.8 Å². The lowest BCUT2D eigenvalue weighted by Gasteiger charge is -2.60. The van der Waals surface area contributed by atoms with Crippen LogP contribution in [0.1, 0.15) is 79.1 Å². The van der Waals surface area contributed by atoms with Crippen LogP contribution < -0.4 is 10.6 Å². The summed E-state index contributed by atoms with van der Waals surface area (Å²) in [5.41, 5.74) is 0.254. The van der Waals surface area contributed by atoms with Gasteiger partial charge in [-0.05, 0) is 80.5 Å². The van der Waals surface area contributed by atoms with E-state index < -0.39 is 30.0 Å². The van der Waals surface area contributed by atoms with Crippen molar-refractivity contribution in [1.82, 2.24) is 10.6 Å². The SMILES string of the molecule is CC(NC(=O)C1C[C@@]2(C)C(CC[C@@H]3[C@H]2CC[C@]2(C)CCC[C@@H]32)NC1=O)C(C)C(F)(F)F. The molecule has 4 unspecified atom stereocenters. The molecular weight excluding hydrogens is 405 g/mol. The molecule has 31 heavy (non-hydrogen) atoms. The smallest absolute Gasteiger partial charge is 0.352 e. The standard InChI is InChI=1S/C24H37F3N2O2/c1-13(24(25,26)27)14(2)28-20(30)16-12-23(4)18-9-11-22(3)10-5-6-17(22)15(18)7-8-19(23)29-21(16)31/h13-19H,5-12H2,1-4H3,(H,28,30)(H,29,31)/t13?,14?,15-,16?,17-,18+,19?,22-,23+/m0/s1. The summed E-state index contributed by atoms with van der Waals surface area (Å²) < 4.78 is 39.1. The number of carbonyl (C=O) groups excluding carboxylic acids is 2. The molecule has 1 heterocycles. The van der Waals surface area contributed by atoms with Crippen molar-refractivity contribution in [2.45, 2.75) is 97.3 Å². The van der Waals surface area contributed by atoms with E-state index in [1.54, 1.807) is 0 Å². The molecule has 176 valence electrons. The lowest BCUT2D eigenvalue weighted by atomic mass is 9.47. The topological polar surface area (TPSA) is 58.2 Å². The molecule has 0 aromatic heterocycles. The lowest BCUT2D eigenvalue weighted by molar-refractivity contribution is -0.177. The van der Waals surface area contributed by atoms with Crippen LogP contribution >= 0.6 is 0 Å². The Morgan fingerprint density at radius 3 is 2.48 bits per heavy atom. The molecule has 1 aliphatic heterocycles. The fourth-order valence-corrected chi connectivity index (χ4v) is 7.73. The fourth-order valence-electron chi connectivity index (χ4n) is 7.73. The Morgan fingerprint density at radius 1 is 1.10 bits per heavy atom. The van der Waals surface area contributed by atoms with E-state index in [4.69, 9.17) is 0 Å². The molecule has 3 saturated carbocycles. The van der Waals surface area contributed by atoms with Gasteiger partial charge < -0.3 is 10.6 Å². The van der Waals surface area contributed by atoms with Gasteiger partial charge in [0.25, 0.3) is 0 Å². The zero-order valence-corrected chi connectivity index (χ0v) is 19.1. The average Bonchev–Trinajstić information content (AvgIpc) is 3.08. The minimum absolute atomic E-state index is 0.0579. The number of halogens is 3. The largest absolute Gasteiger partial charge is 0.393 e. The Hall–Kier alpha value is -1.27. The Balaban J connectivity index is 1.51. The summed E-state index contributed by atoms with van der Waals surface area (Å²) in [5.74, 6) is -1.66. The number of nitrogens with one attached hydrogen (secondary N) is 2. The van der Waals surface area contributed by atoms with Crippen LogP contribution in [0.25, 0.3) is 0 Å². The van der Waals surface area contributed by atoms with Crippen LogP contribution in [0.4, 0.5) is 13.2 Å². The van der Waals surface area contributed by atoms with E-state index in [1.165, 1.54) is 32.6 Å². The zero-order valence-electron chi connectivity index (χ0n) is 19.1. The molecule has 3 aliphatic carbocycles. The number of fused-ring (bicyclic) bond motifs is 5. The maximum absolute atomic E-state index is 13.0. The van der Waals surface area contributed by atoms with Gasteiger partial charge >= 0.3 is 6.18 Å². The summed E-state index contributed by atoms with van der Waals surface area (Å²) in [6.07, 6.45) is 4.32. The zero-order chi connectivity index (χ0) is 22.8. The van der Waals surface area contributed by atoms with Gasteiger partial charge in [-0.1, -0.05) is 27.2 Å². The van der Waals surface area contributed by atoms with Crippen LogP contribution in [0.3, 0.4) is 0 Å². The highest BCUT2D eigenvalue weighted by atomic mass is 19.4. The van der Waals surface area contributed by atoms with Gasteiger partial charge in [0, 0.05) is 12.1 Å². The molecule has 9 atom stereocenters. The number of hydrogen-bond donors (Lipinski definition) is 2. The first-order valence-corrected chi connectivity index (χ1v) is 12.0. The molecule has 0 radical (unpaired) electrons. The fraction of sp³-hybridized carbons (Fsp3) is 0.917. The van der Waals surface area contributed by atoms with E-state index in [0.717, 1.165) is 32.1 Å². The predicted molar refractivity (Wildman–Crippen MR) is 112 cm³/mol. The second-order valence-electron chi connectivity index (χ2n) is 11.5. The lowest BCUT2D eigenvalue weighted by Crippen LogP contribution is -2.64. The molecule has 2 N–H and O–H groups in total. The molecule has 0 aromatic carbocycles. The minimum Gasteiger partial charge on any atom is -0.352 e. The highest BCUT2D eigenvalue weighted by Gasteiger charge is 2.60. The highest BCUT2D eigenvalue weighted by molar-refractivity contribution is 6.01. The van der Waals surface area contributed by atoms with Crippen LogP contribution in [0.15, 0.2) is 0 Å².